The average Bonchev–Trinajstić information content (AvgIpc) is 3.69. The van der Waals surface area contributed by atoms with Crippen LogP contribution < -0.4 is 0 Å². The fourth-order valence-corrected chi connectivity index (χ4v) is 10.5. The second kappa shape index (κ2) is 21.0. The lowest BCUT2D eigenvalue weighted by Gasteiger charge is -2.49. The number of aliphatic hydroxyl groups excluding tert-OH is 2. The number of fused-ring (bicyclic) bond motifs is 7. The van der Waals surface area contributed by atoms with Crippen LogP contribution in [-0.4, -0.2) is 117 Å². The van der Waals surface area contributed by atoms with Crippen molar-refractivity contribution in [1.29, 1.82) is 0 Å². The highest BCUT2D eigenvalue weighted by Gasteiger charge is 2.54. The van der Waals surface area contributed by atoms with E-state index < -0.39 is 71.4 Å². The van der Waals surface area contributed by atoms with Crippen LogP contribution in [0.1, 0.15) is 154 Å². The quantitative estimate of drug-likeness (QED) is 0.145. The van der Waals surface area contributed by atoms with Crippen LogP contribution in [0.3, 0.4) is 0 Å². The largest absolute Gasteiger partial charge is 0.456 e. The molecule has 0 spiro atoms. The topological polar surface area (TPSA) is 171 Å². The maximum absolute atomic E-state index is 14.2. The highest BCUT2D eigenvalue weighted by atomic mass is 16.7. The number of ketones is 1. The number of hydrogen-bond donors (Lipinski definition) is 3. The van der Waals surface area contributed by atoms with E-state index in [0.29, 0.717) is 51.4 Å². The van der Waals surface area contributed by atoms with Crippen LogP contribution in [-0.2, 0) is 42.8 Å². The molecular weight excluding hydrogens is 807 g/mol. The molecule has 0 saturated carbocycles. The molecule has 13 heteroatoms. The van der Waals surface area contributed by atoms with Crippen LogP contribution >= 0.6 is 0 Å². The van der Waals surface area contributed by atoms with Crippen LogP contribution in [0, 0.1) is 29.6 Å². The summed E-state index contributed by atoms with van der Waals surface area (Å²) in [4.78, 5) is 43.7. The average molecular weight is 888 g/mol. The first-order valence-corrected chi connectivity index (χ1v) is 23.9. The zero-order valence-electron chi connectivity index (χ0n) is 40.6. The third-order valence-electron chi connectivity index (χ3n) is 14.4. The molecule has 0 aromatic carbocycles. The number of carbonyl (C=O) groups excluding carboxylic acids is 3. The molecule has 5 rings (SSSR count). The van der Waals surface area contributed by atoms with E-state index in [1.165, 1.54) is 4.90 Å². The smallest absolute Gasteiger partial charge is 0.329 e. The van der Waals surface area contributed by atoms with E-state index in [-0.39, 0.29) is 61.1 Å². The number of Topliss-reactive ketones (excluding diaryl/α,β-unsaturated/α-hetero) is 1. The predicted molar refractivity (Wildman–Crippen MR) is 239 cm³/mol. The molecule has 0 aromatic rings. The molecule has 4 saturated heterocycles. The molecule has 3 N–H and O–H groups in total. The van der Waals surface area contributed by atoms with Gasteiger partial charge in [-0.1, -0.05) is 59.8 Å². The van der Waals surface area contributed by atoms with Gasteiger partial charge in [0.1, 0.15) is 12.1 Å². The van der Waals surface area contributed by atoms with Gasteiger partial charge in [0.2, 0.25) is 5.79 Å². The highest BCUT2D eigenvalue weighted by Crippen LogP contribution is 2.42. The van der Waals surface area contributed by atoms with Gasteiger partial charge < -0.3 is 48.6 Å². The lowest BCUT2D eigenvalue weighted by molar-refractivity contribution is -0.341. The van der Waals surface area contributed by atoms with Crippen molar-refractivity contribution in [3.63, 3.8) is 0 Å². The van der Waals surface area contributed by atoms with Crippen molar-refractivity contribution < 1.29 is 58.1 Å². The van der Waals surface area contributed by atoms with Gasteiger partial charge in [-0.25, -0.2) is 4.79 Å². The molecule has 1 amide bonds. The Morgan fingerprint density at radius 3 is 2.16 bits per heavy atom. The summed E-state index contributed by atoms with van der Waals surface area (Å²) in [6, 6.07) is -1.04. The van der Waals surface area contributed by atoms with Crippen molar-refractivity contribution in [3.05, 3.63) is 34.9 Å². The molecule has 5 aliphatic rings. The first-order valence-electron chi connectivity index (χ1n) is 23.9. The molecule has 0 aromatic heterocycles. The zero-order valence-corrected chi connectivity index (χ0v) is 40.6. The third-order valence-corrected chi connectivity index (χ3v) is 14.4. The standard InChI is InChI=1S/C50H81NO12/c1-14-36-18-20-40(31(5)24-29(3)35(9)52)58-47(56)39-16-15-21-51(39)46(55)45(54)50(57)33(7)17-19-37(60-50)25-42-34(8)43(63-49(12,13)62-42)27-38-26-41(61-48(10,11)59-38)30(4)22-28(2)23-32(6)44(36)53/h18,22,24,28-29,32-35,37-44,52-53,57H,14-17,19-21,23,25-27H2,1-13H3/b30-22+,31-24+,36-18+. The van der Waals surface area contributed by atoms with Gasteiger partial charge in [-0.3, -0.25) is 9.59 Å². The molecule has 15 unspecified atom stereocenters. The van der Waals surface area contributed by atoms with Gasteiger partial charge in [0, 0.05) is 50.0 Å². The monoisotopic (exact) mass is 888 g/mol. The Morgan fingerprint density at radius 1 is 0.889 bits per heavy atom. The fourth-order valence-electron chi connectivity index (χ4n) is 10.5. The number of carbonyl (C=O) groups is 3. The summed E-state index contributed by atoms with van der Waals surface area (Å²) in [5, 5.41) is 34.1. The minimum atomic E-state index is -2.40. The molecule has 0 radical (unpaired) electrons. The number of aliphatic hydroxyl groups is 3. The minimum absolute atomic E-state index is 0.0920. The van der Waals surface area contributed by atoms with Gasteiger partial charge in [0.05, 0.1) is 42.7 Å². The second-order valence-electron chi connectivity index (χ2n) is 20.8. The second-order valence-corrected chi connectivity index (χ2v) is 20.8. The lowest BCUT2D eigenvalue weighted by Crippen LogP contribution is -2.60. The molecule has 63 heavy (non-hydrogen) atoms. The Bertz CT molecular complexity index is 1700. The van der Waals surface area contributed by atoms with E-state index in [9.17, 15) is 29.7 Å². The number of amides is 1. The van der Waals surface area contributed by atoms with Crippen molar-refractivity contribution in [3.8, 4) is 0 Å². The van der Waals surface area contributed by atoms with Gasteiger partial charge in [0.15, 0.2) is 11.6 Å². The van der Waals surface area contributed by atoms with Crippen molar-refractivity contribution >= 4 is 17.7 Å². The Kier molecular flexibility index (Phi) is 17.2. The maximum atomic E-state index is 14.2. The molecule has 15 atom stereocenters. The van der Waals surface area contributed by atoms with E-state index in [1.54, 1.807) is 13.8 Å². The molecule has 5 aliphatic heterocycles. The zero-order chi connectivity index (χ0) is 46.8. The van der Waals surface area contributed by atoms with Crippen molar-refractivity contribution in [2.45, 2.75) is 226 Å². The van der Waals surface area contributed by atoms with E-state index in [0.717, 1.165) is 23.1 Å². The summed E-state index contributed by atoms with van der Waals surface area (Å²) < 4.78 is 38.7. The summed E-state index contributed by atoms with van der Waals surface area (Å²) in [6.45, 7) is 25.3. The van der Waals surface area contributed by atoms with Gasteiger partial charge in [-0.05, 0) is 116 Å². The number of nitrogens with zero attached hydrogens (tertiary/aromatic N) is 1. The number of hydrogen-bond acceptors (Lipinski definition) is 12. The first-order chi connectivity index (χ1) is 29.3. The summed E-state index contributed by atoms with van der Waals surface area (Å²) in [7, 11) is 0. The number of cyclic esters (lactones) is 1. The van der Waals surface area contributed by atoms with Gasteiger partial charge in [-0.2, -0.15) is 0 Å². The van der Waals surface area contributed by atoms with Crippen molar-refractivity contribution in [1.82, 2.24) is 4.90 Å². The summed E-state index contributed by atoms with van der Waals surface area (Å²) in [6.07, 6.45) is 7.30. The summed E-state index contributed by atoms with van der Waals surface area (Å²) in [5.74, 6) is -7.89. The summed E-state index contributed by atoms with van der Waals surface area (Å²) in [5.41, 5.74) is 2.66. The molecule has 13 nitrogen and oxygen atoms in total. The molecule has 4 fully saturated rings. The number of allylic oxidation sites excluding steroid dienone is 1. The number of rotatable bonds is 4. The lowest BCUT2D eigenvalue weighted by atomic mass is 9.82. The van der Waals surface area contributed by atoms with Crippen LogP contribution in [0.25, 0.3) is 0 Å². The number of ether oxygens (including phenoxy) is 6. The SMILES string of the molecule is CC/C1=C\CC(/C(C)=C/C(C)C(C)O)OC(=O)C2CCCN2C(=O)C(=O)C2(O)OC(CCC2C)CC2OC(C)(C)OC(CC3CC(OC(C)(C)O3)/C(C)=C/C(C)CC(C)C1O)C2C. The van der Waals surface area contributed by atoms with E-state index in [1.807, 2.05) is 60.6 Å². The molecule has 6 bridgehead atoms. The van der Waals surface area contributed by atoms with Gasteiger partial charge >= 0.3 is 5.97 Å². The van der Waals surface area contributed by atoms with Crippen molar-refractivity contribution in [2.24, 2.45) is 29.6 Å². The Balaban J connectivity index is 1.51. The molecule has 358 valence electrons. The maximum Gasteiger partial charge on any atom is 0.329 e. The molecule has 0 aliphatic carbocycles. The normalized spacial score (nSPS) is 41.8. The third kappa shape index (κ3) is 12.7. The predicted octanol–water partition coefficient (Wildman–Crippen LogP) is 7.48. The van der Waals surface area contributed by atoms with Crippen molar-refractivity contribution in [2.75, 3.05) is 6.54 Å². The fraction of sp³-hybridized carbons (Fsp3) is 0.820. The van der Waals surface area contributed by atoms with Gasteiger partial charge in [0.25, 0.3) is 11.7 Å². The van der Waals surface area contributed by atoms with E-state index in [2.05, 4.69) is 33.8 Å². The van der Waals surface area contributed by atoms with E-state index in [4.69, 9.17) is 28.4 Å². The molecule has 5 heterocycles. The minimum Gasteiger partial charge on any atom is -0.456 e. The summed E-state index contributed by atoms with van der Waals surface area (Å²) >= 11 is 0. The number of esters is 1. The van der Waals surface area contributed by atoms with Crippen LogP contribution in [0.4, 0.5) is 0 Å². The van der Waals surface area contributed by atoms with Crippen LogP contribution in [0.5, 0.6) is 0 Å². The van der Waals surface area contributed by atoms with Crippen LogP contribution in [0.15, 0.2) is 34.9 Å². The Hall–Kier alpha value is -2.49. The Morgan fingerprint density at radius 2 is 1.52 bits per heavy atom. The van der Waals surface area contributed by atoms with Crippen LogP contribution in [0.2, 0.25) is 0 Å². The Labute approximate surface area is 377 Å². The first kappa shape index (κ1) is 51.5. The highest BCUT2D eigenvalue weighted by molar-refractivity contribution is 6.39. The molecular formula is C50H81NO12. The van der Waals surface area contributed by atoms with E-state index >= 15 is 0 Å². The van der Waals surface area contributed by atoms with Gasteiger partial charge in [-0.15, -0.1) is 0 Å².